The molecule has 0 unspecified atom stereocenters. The smallest absolute Gasteiger partial charge is 0.296 e. The third kappa shape index (κ3) is 1.95. The van der Waals surface area contributed by atoms with Crippen molar-refractivity contribution in [3.8, 4) is 0 Å². The van der Waals surface area contributed by atoms with Gasteiger partial charge in [-0.1, -0.05) is 12.1 Å². The van der Waals surface area contributed by atoms with Crippen molar-refractivity contribution in [1.29, 1.82) is 0 Å². The highest BCUT2D eigenvalue weighted by Crippen LogP contribution is 2.33. The second-order valence-corrected chi connectivity index (χ2v) is 5.01. The minimum atomic E-state index is -0.122. The number of nitrogens with zero attached hydrogens (tertiary/aromatic N) is 3. The van der Waals surface area contributed by atoms with Crippen molar-refractivity contribution in [3.63, 3.8) is 0 Å². The van der Waals surface area contributed by atoms with E-state index in [0.717, 1.165) is 17.9 Å². The minimum absolute atomic E-state index is 0.122. The molecule has 1 aliphatic heterocycles. The summed E-state index contributed by atoms with van der Waals surface area (Å²) in [6, 6.07) is 7.90. The van der Waals surface area contributed by atoms with Gasteiger partial charge in [-0.15, -0.1) is 0 Å². The highest BCUT2D eigenvalue weighted by molar-refractivity contribution is 6.07. The number of anilines is 2. The zero-order valence-corrected chi connectivity index (χ0v) is 11.9. The fourth-order valence-electron chi connectivity index (χ4n) is 2.57. The van der Waals surface area contributed by atoms with Gasteiger partial charge in [0.25, 0.3) is 5.91 Å². The van der Waals surface area contributed by atoms with E-state index in [4.69, 9.17) is 4.42 Å². The van der Waals surface area contributed by atoms with Gasteiger partial charge >= 0.3 is 0 Å². The first kappa shape index (κ1) is 12.7. The summed E-state index contributed by atoms with van der Waals surface area (Å²) in [6.45, 7) is 4.99. The van der Waals surface area contributed by atoms with Gasteiger partial charge in [0, 0.05) is 27.1 Å². The van der Waals surface area contributed by atoms with Crippen molar-refractivity contribution in [2.45, 2.75) is 13.8 Å². The van der Waals surface area contributed by atoms with E-state index >= 15 is 0 Å². The average Bonchev–Trinajstić information content (AvgIpc) is 2.78. The first-order valence-corrected chi connectivity index (χ1v) is 6.64. The molecule has 1 aromatic heterocycles. The van der Waals surface area contributed by atoms with Gasteiger partial charge in [0.1, 0.15) is 0 Å². The number of benzene rings is 1. The second-order valence-electron chi connectivity index (χ2n) is 5.01. The van der Waals surface area contributed by atoms with E-state index in [0.29, 0.717) is 23.9 Å². The predicted molar refractivity (Wildman–Crippen MR) is 77.4 cm³/mol. The van der Waals surface area contributed by atoms with Crippen molar-refractivity contribution in [2.75, 3.05) is 29.9 Å². The third-order valence-corrected chi connectivity index (χ3v) is 3.59. The molecule has 20 heavy (non-hydrogen) atoms. The molecule has 2 aromatic rings. The van der Waals surface area contributed by atoms with Crippen molar-refractivity contribution in [3.05, 3.63) is 41.6 Å². The summed E-state index contributed by atoms with van der Waals surface area (Å²) in [5.74, 6) is 0.735. The van der Waals surface area contributed by atoms with E-state index < -0.39 is 0 Å². The molecule has 3 rings (SSSR count). The Morgan fingerprint density at radius 3 is 2.55 bits per heavy atom. The number of carbonyl (C=O) groups is 1. The molecule has 2 heterocycles. The maximum Gasteiger partial charge on any atom is 0.296 e. The summed E-state index contributed by atoms with van der Waals surface area (Å²) in [5.41, 5.74) is 2.62. The van der Waals surface area contributed by atoms with Gasteiger partial charge in [0.05, 0.1) is 17.1 Å². The lowest BCUT2D eigenvalue weighted by Gasteiger charge is -2.35. The number of hydrogen-bond acceptors (Lipinski definition) is 4. The van der Waals surface area contributed by atoms with Gasteiger partial charge in [-0.25, -0.2) is 4.98 Å². The number of likely N-dealkylation sites (N-methyl/N-ethyl adjacent to an activating group) is 1. The summed E-state index contributed by atoms with van der Waals surface area (Å²) in [7, 11) is 2.03. The Bertz CT molecular complexity index is 663. The SMILES string of the molecule is Cc1nc(C)c(C(=O)N2CCN(C)c3ccccc32)o1. The summed E-state index contributed by atoms with van der Waals surface area (Å²) in [5, 5.41) is 0. The van der Waals surface area contributed by atoms with Crippen molar-refractivity contribution in [1.82, 2.24) is 4.98 Å². The van der Waals surface area contributed by atoms with Gasteiger partial charge in [-0.2, -0.15) is 0 Å². The molecule has 5 heteroatoms. The molecule has 104 valence electrons. The molecule has 0 N–H and O–H groups in total. The second kappa shape index (κ2) is 4.67. The molecule has 1 aromatic carbocycles. The summed E-state index contributed by atoms with van der Waals surface area (Å²) in [4.78, 5) is 20.8. The lowest BCUT2D eigenvalue weighted by Crippen LogP contribution is -2.42. The maximum absolute atomic E-state index is 12.7. The molecule has 1 amide bonds. The van der Waals surface area contributed by atoms with E-state index in [1.54, 1.807) is 18.7 Å². The standard InChI is InChI=1S/C15H17N3O2/c1-10-14(20-11(2)16-10)15(19)18-9-8-17(3)12-6-4-5-7-13(12)18/h4-7H,8-9H2,1-3H3. The number of amides is 1. The van der Waals surface area contributed by atoms with Crippen LogP contribution in [0.15, 0.2) is 28.7 Å². The van der Waals surface area contributed by atoms with Crippen LogP contribution in [-0.4, -0.2) is 31.0 Å². The van der Waals surface area contributed by atoms with Crippen LogP contribution < -0.4 is 9.80 Å². The molecule has 0 atom stereocenters. The lowest BCUT2D eigenvalue weighted by atomic mass is 10.1. The monoisotopic (exact) mass is 271 g/mol. The van der Waals surface area contributed by atoms with Crippen LogP contribution in [0.4, 0.5) is 11.4 Å². The Balaban J connectivity index is 2.01. The molecule has 0 saturated carbocycles. The van der Waals surface area contributed by atoms with Crippen molar-refractivity contribution >= 4 is 17.3 Å². The Labute approximate surface area is 117 Å². The first-order valence-electron chi connectivity index (χ1n) is 6.64. The van der Waals surface area contributed by atoms with Crippen LogP contribution in [0.1, 0.15) is 22.1 Å². The largest absolute Gasteiger partial charge is 0.436 e. The van der Waals surface area contributed by atoms with Crippen LogP contribution >= 0.6 is 0 Å². The molecule has 0 aliphatic carbocycles. The van der Waals surface area contributed by atoms with Gasteiger partial charge in [-0.3, -0.25) is 4.79 Å². The van der Waals surface area contributed by atoms with E-state index in [-0.39, 0.29) is 5.91 Å². The molecular weight excluding hydrogens is 254 g/mol. The molecule has 0 radical (unpaired) electrons. The number of para-hydroxylation sites is 2. The number of fused-ring (bicyclic) bond motifs is 1. The summed E-state index contributed by atoms with van der Waals surface area (Å²) < 4.78 is 5.46. The van der Waals surface area contributed by atoms with Crippen LogP contribution in [0.2, 0.25) is 0 Å². The summed E-state index contributed by atoms with van der Waals surface area (Å²) >= 11 is 0. The fourth-order valence-corrected chi connectivity index (χ4v) is 2.57. The predicted octanol–water partition coefficient (Wildman–Crippen LogP) is 2.39. The quantitative estimate of drug-likeness (QED) is 0.799. The number of rotatable bonds is 1. The number of aromatic nitrogens is 1. The molecule has 1 aliphatic rings. The zero-order chi connectivity index (χ0) is 14.3. The lowest BCUT2D eigenvalue weighted by molar-refractivity contribution is 0.0958. The van der Waals surface area contributed by atoms with E-state index in [2.05, 4.69) is 9.88 Å². The normalized spacial score (nSPS) is 14.3. The van der Waals surface area contributed by atoms with Crippen molar-refractivity contribution in [2.24, 2.45) is 0 Å². The number of aryl methyl sites for hydroxylation is 2. The number of hydrogen-bond donors (Lipinski definition) is 0. The van der Waals surface area contributed by atoms with Gasteiger partial charge < -0.3 is 14.2 Å². The molecule has 0 saturated heterocycles. The Morgan fingerprint density at radius 1 is 1.20 bits per heavy atom. The highest BCUT2D eigenvalue weighted by Gasteiger charge is 2.29. The van der Waals surface area contributed by atoms with E-state index in [1.807, 2.05) is 31.3 Å². The van der Waals surface area contributed by atoms with Crippen LogP contribution in [-0.2, 0) is 0 Å². The zero-order valence-electron chi connectivity index (χ0n) is 11.9. The highest BCUT2D eigenvalue weighted by atomic mass is 16.4. The fraction of sp³-hybridized carbons (Fsp3) is 0.333. The van der Waals surface area contributed by atoms with E-state index in [9.17, 15) is 4.79 Å². The van der Waals surface area contributed by atoms with Crippen molar-refractivity contribution < 1.29 is 9.21 Å². The van der Waals surface area contributed by atoms with Gasteiger partial charge in [-0.05, 0) is 19.1 Å². The molecule has 0 spiro atoms. The average molecular weight is 271 g/mol. The topological polar surface area (TPSA) is 49.6 Å². The number of oxazole rings is 1. The number of carbonyl (C=O) groups excluding carboxylic acids is 1. The first-order chi connectivity index (χ1) is 9.58. The molecule has 0 fully saturated rings. The Morgan fingerprint density at radius 2 is 1.90 bits per heavy atom. The molecule has 0 bridgehead atoms. The van der Waals surface area contributed by atoms with E-state index in [1.165, 1.54) is 0 Å². The van der Waals surface area contributed by atoms with Crippen LogP contribution in [0.25, 0.3) is 0 Å². The third-order valence-electron chi connectivity index (χ3n) is 3.59. The van der Waals surface area contributed by atoms with Crippen LogP contribution in [0.3, 0.4) is 0 Å². The Hall–Kier alpha value is -2.30. The minimum Gasteiger partial charge on any atom is -0.436 e. The van der Waals surface area contributed by atoms with Gasteiger partial charge in [0.2, 0.25) is 5.76 Å². The maximum atomic E-state index is 12.7. The molecular formula is C15H17N3O2. The van der Waals surface area contributed by atoms with Crippen LogP contribution in [0.5, 0.6) is 0 Å². The van der Waals surface area contributed by atoms with Gasteiger partial charge in [0.15, 0.2) is 5.89 Å². The Kier molecular flexibility index (Phi) is 2.97. The summed E-state index contributed by atoms with van der Waals surface area (Å²) in [6.07, 6.45) is 0. The van der Waals surface area contributed by atoms with Crippen LogP contribution in [0, 0.1) is 13.8 Å². The molecule has 5 nitrogen and oxygen atoms in total.